The lowest BCUT2D eigenvalue weighted by molar-refractivity contribution is -0.142. The predicted molar refractivity (Wildman–Crippen MR) is 42.4 cm³/mol. The summed E-state index contributed by atoms with van der Waals surface area (Å²) in [5.41, 5.74) is 0. The molecule has 2 N–H and O–H groups in total. The van der Waals surface area contributed by atoms with Crippen molar-refractivity contribution in [3.63, 3.8) is 0 Å². The number of carboxylic acids is 2. The molecule has 6 nitrogen and oxygen atoms in total. The van der Waals surface area contributed by atoms with E-state index in [1.807, 2.05) is 0 Å². The summed E-state index contributed by atoms with van der Waals surface area (Å²) < 4.78 is 0. The largest absolute Gasteiger partial charge is 0.480 e. The number of aliphatic carboxylic acids is 2. The van der Waals surface area contributed by atoms with Gasteiger partial charge in [0.05, 0.1) is 19.1 Å². The third-order valence-electron chi connectivity index (χ3n) is 1.45. The van der Waals surface area contributed by atoms with E-state index in [9.17, 15) is 14.4 Å². The highest BCUT2D eigenvalue weighted by Gasteiger charge is 2.18. The lowest BCUT2D eigenvalue weighted by Gasteiger charge is -2.20. The van der Waals surface area contributed by atoms with Crippen LogP contribution >= 0.6 is 0 Å². The SMILES string of the molecule is C[C@H](C=O)N(CC(=O)O)CC(=O)O. The van der Waals surface area contributed by atoms with E-state index < -0.39 is 31.1 Å². The average molecular weight is 189 g/mol. The van der Waals surface area contributed by atoms with E-state index in [2.05, 4.69) is 0 Å². The van der Waals surface area contributed by atoms with E-state index in [4.69, 9.17) is 10.2 Å². The molecule has 0 aromatic carbocycles. The number of hydrogen-bond acceptors (Lipinski definition) is 4. The van der Waals surface area contributed by atoms with E-state index >= 15 is 0 Å². The molecule has 0 spiro atoms. The zero-order chi connectivity index (χ0) is 10.4. The highest BCUT2D eigenvalue weighted by Crippen LogP contribution is 1.95. The quantitative estimate of drug-likeness (QED) is 0.523. The Morgan fingerprint density at radius 2 is 1.69 bits per heavy atom. The van der Waals surface area contributed by atoms with Crippen LogP contribution in [0.4, 0.5) is 0 Å². The maximum Gasteiger partial charge on any atom is 0.317 e. The minimum absolute atomic E-state index is 0.452. The van der Waals surface area contributed by atoms with Gasteiger partial charge < -0.3 is 15.0 Å². The molecule has 0 saturated carbocycles. The Morgan fingerprint density at radius 3 is 1.92 bits per heavy atom. The molecule has 13 heavy (non-hydrogen) atoms. The van der Waals surface area contributed by atoms with Crippen molar-refractivity contribution in [2.24, 2.45) is 0 Å². The number of carboxylic acid groups (broad SMARTS) is 2. The van der Waals surface area contributed by atoms with Crippen molar-refractivity contribution in [2.75, 3.05) is 13.1 Å². The number of carbonyl (C=O) groups is 3. The van der Waals surface area contributed by atoms with Crippen LogP contribution in [0.2, 0.25) is 0 Å². The summed E-state index contributed by atoms with van der Waals surface area (Å²) in [6.45, 7) is 0.539. The molecule has 0 rings (SSSR count). The third-order valence-corrected chi connectivity index (χ3v) is 1.45. The molecule has 0 aliphatic rings. The molecule has 0 aromatic rings. The first-order valence-corrected chi connectivity index (χ1v) is 3.60. The summed E-state index contributed by atoms with van der Waals surface area (Å²) in [5, 5.41) is 16.8. The minimum atomic E-state index is -1.16. The molecule has 0 saturated heterocycles. The minimum Gasteiger partial charge on any atom is -0.480 e. The smallest absolute Gasteiger partial charge is 0.317 e. The molecule has 0 radical (unpaired) electrons. The van der Waals surface area contributed by atoms with Gasteiger partial charge in [-0.2, -0.15) is 0 Å². The normalized spacial score (nSPS) is 12.5. The second-order valence-corrected chi connectivity index (χ2v) is 2.57. The van der Waals surface area contributed by atoms with Crippen LogP contribution in [-0.4, -0.2) is 52.5 Å². The molecule has 74 valence electrons. The fourth-order valence-corrected chi connectivity index (χ4v) is 0.777. The fourth-order valence-electron chi connectivity index (χ4n) is 0.777. The first kappa shape index (κ1) is 11.6. The van der Waals surface area contributed by atoms with Gasteiger partial charge in [0.1, 0.15) is 6.29 Å². The molecular weight excluding hydrogens is 178 g/mol. The van der Waals surface area contributed by atoms with Crippen molar-refractivity contribution >= 4 is 18.2 Å². The van der Waals surface area contributed by atoms with Gasteiger partial charge in [0.25, 0.3) is 0 Å². The van der Waals surface area contributed by atoms with Crippen molar-refractivity contribution < 1.29 is 24.6 Å². The molecule has 0 aliphatic carbocycles. The van der Waals surface area contributed by atoms with Crippen LogP contribution in [0.1, 0.15) is 6.92 Å². The summed E-state index contributed by atoms with van der Waals surface area (Å²) in [4.78, 5) is 31.9. The van der Waals surface area contributed by atoms with Crippen LogP contribution < -0.4 is 0 Å². The topological polar surface area (TPSA) is 94.9 Å². The zero-order valence-corrected chi connectivity index (χ0v) is 7.14. The van der Waals surface area contributed by atoms with Crippen molar-refractivity contribution in [3.05, 3.63) is 0 Å². The van der Waals surface area contributed by atoms with Crippen LogP contribution in [-0.2, 0) is 14.4 Å². The highest BCUT2D eigenvalue weighted by atomic mass is 16.4. The molecule has 0 unspecified atom stereocenters. The molecule has 0 fully saturated rings. The number of nitrogens with zero attached hydrogens (tertiary/aromatic N) is 1. The van der Waals surface area contributed by atoms with E-state index in [0.717, 1.165) is 4.90 Å². The average Bonchev–Trinajstić information content (AvgIpc) is 2.00. The zero-order valence-electron chi connectivity index (χ0n) is 7.14. The van der Waals surface area contributed by atoms with Crippen LogP contribution in [0.25, 0.3) is 0 Å². The number of hydrogen-bond donors (Lipinski definition) is 2. The van der Waals surface area contributed by atoms with Crippen molar-refractivity contribution in [3.8, 4) is 0 Å². The second kappa shape index (κ2) is 5.26. The lowest BCUT2D eigenvalue weighted by atomic mass is 10.3. The molecule has 6 heteroatoms. The van der Waals surface area contributed by atoms with Gasteiger partial charge in [-0.3, -0.25) is 14.5 Å². The molecule has 0 bridgehead atoms. The Hall–Kier alpha value is -1.43. The fraction of sp³-hybridized carbons (Fsp3) is 0.571. The van der Waals surface area contributed by atoms with Gasteiger partial charge in [0.2, 0.25) is 0 Å². The van der Waals surface area contributed by atoms with Gasteiger partial charge in [-0.05, 0) is 6.92 Å². The van der Waals surface area contributed by atoms with Gasteiger partial charge in [-0.25, -0.2) is 0 Å². The molecule has 0 aliphatic heterocycles. The van der Waals surface area contributed by atoms with Gasteiger partial charge in [0.15, 0.2) is 0 Å². The molecule has 0 aromatic heterocycles. The van der Waals surface area contributed by atoms with Crippen molar-refractivity contribution in [1.29, 1.82) is 0 Å². The van der Waals surface area contributed by atoms with Crippen LogP contribution in [0, 0.1) is 0 Å². The molecular formula is C7H11NO5. The van der Waals surface area contributed by atoms with Gasteiger partial charge >= 0.3 is 11.9 Å². The Morgan fingerprint density at radius 1 is 1.31 bits per heavy atom. The number of aldehydes is 1. The maximum atomic E-state index is 10.3. The summed E-state index contributed by atoms with van der Waals surface area (Å²) in [5.74, 6) is -2.31. The van der Waals surface area contributed by atoms with Crippen molar-refractivity contribution in [1.82, 2.24) is 4.90 Å². The summed E-state index contributed by atoms with van der Waals surface area (Å²) in [6, 6.07) is -0.702. The standard InChI is InChI=1S/C7H11NO5/c1-5(4-9)8(2-6(10)11)3-7(12)13/h4-5H,2-3H2,1H3,(H,10,11)(H,12,13)/t5-/m1/s1. The molecule has 1 atom stereocenters. The maximum absolute atomic E-state index is 10.3. The first-order chi connectivity index (χ1) is 5.97. The van der Waals surface area contributed by atoms with Gasteiger partial charge in [0, 0.05) is 0 Å². The summed E-state index contributed by atoms with van der Waals surface area (Å²) >= 11 is 0. The second-order valence-electron chi connectivity index (χ2n) is 2.57. The van der Waals surface area contributed by atoms with E-state index in [1.165, 1.54) is 6.92 Å². The summed E-state index contributed by atoms with van der Waals surface area (Å²) in [6.07, 6.45) is 0.506. The number of rotatable bonds is 6. The van der Waals surface area contributed by atoms with Gasteiger partial charge in [-0.1, -0.05) is 0 Å². The van der Waals surface area contributed by atoms with Gasteiger partial charge in [-0.15, -0.1) is 0 Å². The highest BCUT2D eigenvalue weighted by molar-refractivity contribution is 5.74. The third kappa shape index (κ3) is 4.91. The lowest BCUT2D eigenvalue weighted by Crippen LogP contribution is -2.41. The number of carbonyl (C=O) groups excluding carboxylic acids is 1. The van der Waals surface area contributed by atoms with Crippen LogP contribution in [0.15, 0.2) is 0 Å². The first-order valence-electron chi connectivity index (χ1n) is 3.60. The predicted octanol–water partition coefficient (Wildman–Crippen LogP) is -0.955. The Bertz CT molecular complexity index is 199. The summed E-state index contributed by atoms with van der Waals surface area (Å²) in [7, 11) is 0. The Kier molecular flexibility index (Phi) is 4.68. The molecule has 0 amide bonds. The van der Waals surface area contributed by atoms with E-state index in [0.29, 0.717) is 6.29 Å². The monoisotopic (exact) mass is 189 g/mol. The van der Waals surface area contributed by atoms with Crippen LogP contribution in [0.3, 0.4) is 0 Å². The molecule has 0 heterocycles. The van der Waals surface area contributed by atoms with E-state index in [-0.39, 0.29) is 0 Å². The Labute approximate surface area is 74.8 Å². The van der Waals surface area contributed by atoms with Crippen LogP contribution in [0.5, 0.6) is 0 Å². The van der Waals surface area contributed by atoms with Crippen molar-refractivity contribution in [2.45, 2.75) is 13.0 Å². The van der Waals surface area contributed by atoms with E-state index in [1.54, 1.807) is 0 Å². The Balaban J connectivity index is 4.25.